The Labute approximate surface area is 113 Å². The number of benzene rings is 1. The van der Waals surface area contributed by atoms with Crippen LogP contribution in [0.1, 0.15) is 30.0 Å². The van der Waals surface area contributed by atoms with Gasteiger partial charge in [0.2, 0.25) is 5.91 Å². The summed E-state index contributed by atoms with van der Waals surface area (Å²) in [6, 6.07) is 5.62. The molecule has 4 nitrogen and oxygen atoms in total. The number of nitrogens with zero attached hydrogens (tertiary/aromatic N) is 2. The lowest BCUT2D eigenvalue weighted by atomic mass is 9.94. The molecule has 0 unspecified atom stereocenters. The molecule has 0 bridgehead atoms. The van der Waals surface area contributed by atoms with E-state index in [0.717, 1.165) is 29.7 Å². The number of hydrogen-bond donors (Lipinski definition) is 1. The minimum atomic E-state index is 0.0163. The van der Waals surface area contributed by atoms with Crippen molar-refractivity contribution in [2.24, 2.45) is 0 Å². The zero-order chi connectivity index (χ0) is 14.0. The van der Waals surface area contributed by atoms with E-state index in [9.17, 15) is 10.1 Å². The SMILES string of the molecule is CCCN1CC(c2c(C#N)ccc(N)c2C)=CC1=O. The molecule has 1 aromatic rings. The normalized spacial score (nSPS) is 14.5. The Bertz CT molecular complexity index is 596. The van der Waals surface area contributed by atoms with Crippen molar-refractivity contribution >= 4 is 17.2 Å². The number of carbonyl (C=O) groups is 1. The number of rotatable bonds is 3. The second-order valence-corrected chi connectivity index (χ2v) is 4.74. The third-order valence-corrected chi connectivity index (χ3v) is 3.41. The van der Waals surface area contributed by atoms with Crippen molar-refractivity contribution in [3.63, 3.8) is 0 Å². The largest absolute Gasteiger partial charge is 0.398 e. The Balaban J connectivity index is 2.44. The highest BCUT2D eigenvalue weighted by Crippen LogP contribution is 2.30. The minimum Gasteiger partial charge on any atom is -0.398 e. The van der Waals surface area contributed by atoms with Crippen molar-refractivity contribution < 1.29 is 4.79 Å². The number of amides is 1. The molecule has 1 amide bonds. The van der Waals surface area contributed by atoms with Gasteiger partial charge in [0.25, 0.3) is 0 Å². The van der Waals surface area contributed by atoms with E-state index in [2.05, 4.69) is 6.07 Å². The maximum atomic E-state index is 11.9. The van der Waals surface area contributed by atoms with Crippen molar-refractivity contribution in [3.05, 3.63) is 34.9 Å². The monoisotopic (exact) mass is 255 g/mol. The number of anilines is 1. The van der Waals surface area contributed by atoms with E-state index in [0.29, 0.717) is 17.8 Å². The predicted octanol–water partition coefficient (Wildman–Crippen LogP) is 2.08. The van der Waals surface area contributed by atoms with E-state index in [1.165, 1.54) is 0 Å². The average molecular weight is 255 g/mol. The fourth-order valence-corrected chi connectivity index (χ4v) is 2.41. The molecule has 0 aromatic heterocycles. The second-order valence-electron chi connectivity index (χ2n) is 4.74. The standard InChI is InChI=1S/C15H17N3O/c1-3-6-18-9-12(7-14(18)19)15-10(2)13(17)5-4-11(15)8-16/h4-5,7H,3,6,9,17H2,1-2H3. The van der Waals surface area contributed by atoms with Crippen molar-refractivity contribution in [2.75, 3.05) is 18.8 Å². The Morgan fingerprint density at radius 2 is 2.21 bits per heavy atom. The molecule has 19 heavy (non-hydrogen) atoms. The van der Waals surface area contributed by atoms with Gasteiger partial charge in [-0.15, -0.1) is 0 Å². The lowest BCUT2D eigenvalue weighted by Crippen LogP contribution is -2.26. The molecular formula is C15H17N3O. The van der Waals surface area contributed by atoms with E-state index in [1.807, 2.05) is 13.8 Å². The summed E-state index contributed by atoms with van der Waals surface area (Å²) in [5.74, 6) is 0.0163. The summed E-state index contributed by atoms with van der Waals surface area (Å²) >= 11 is 0. The van der Waals surface area contributed by atoms with Crippen LogP contribution in [0.2, 0.25) is 0 Å². The lowest BCUT2D eigenvalue weighted by molar-refractivity contribution is -0.124. The highest BCUT2D eigenvalue weighted by molar-refractivity contribution is 6.02. The first kappa shape index (κ1) is 13.2. The molecule has 0 saturated carbocycles. The molecule has 0 spiro atoms. The van der Waals surface area contributed by atoms with Crippen LogP contribution in [0, 0.1) is 18.3 Å². The van der Waals surface area contributed by atoms with Crippen LogP contribution < -0.4 is 5.73 Å². The Hall–Kier alpha value is -2.28. The Morgan fingerprint density at radius 1 is 1.47 bits per heavy atom. The summed E-state index contributed by atoms with van der Waals surface area (Å²) in [5.41, 5.74) is 9.70. The summed E-state index contributed by atoms with van der Waals surface area (Å²) < 4.78 is 0. The van der Waals surface area contributed by atoms with Gasteiger partial charge in [0.1, 0.15) is 0 Å². The maximum Gasteiger partial charge on any atom is 0.247 e. The number of nitriles is 1. The molecule has 2 rings (SSSR count). The average Bonchev–Trinajstić information content (AvgIpc) is 2.74. The molecule has 1 aliphatic rings. The molecule has 0 radical (unpaired) electrons. The first-order valence-corrected chi connectivity index (χ1v) is 6.37. The van der Waals surface area contributed by atoms with Gasteiger partial charge in [0.15, 0.2) is 0 Å². The quantitative estimate of drug-likeness (QED) is 0.841. The van der Waals surface area contributed by atoms with E-state index in [1.54, 1.807) is 23.1 Å². The van der Waals surface area contributed by atoms with Crippen LogP contribution in [0.5, 0.6) is 0 Å². The molecule has 4 heteroatoms. The molecule has 1 aromatic carbocycles. The van der Waals surface area contributed by atoms with Crippen LogP contribution >= 0.6 is 0 Å². The second kappa shape index (κ2) is 5.15. The lowest BCUT2D eigenvalue weighted by Gasteiger charge is -2.17. The number of nitrogen functional groups attached to an aromatic ring is 1. The fraction of sp³-hybridized carbons (Fsp3) is 0.333. The first-order chi connectivity index (χ1) is 9.08. The van der Waals surface area contributed by atoms with Crippen molar-refractivity contribution in [2.45, 2.75) is 20.3 Å². The van der Waals surface area contributed by atoms with Crippen LogP contribution in [-0.4, -0.2) is 23.9 Å². The van der Waals surface area contributed by atoms with Gasteiger partial charge in [0, 0.05) is 30.4 Å². The zero-order valence-corrected chi connectivity index (χ0v) is 11.2. The van der Waals surface area contributed by atoms with Crippen LogP contribution in [0.15, 0.2) is 18.2 Å². The van der Waals surface area contributed by atoms with Crippen LogP contribution in [-0.2, 0) is 4.79 Å². The van der Waals surface area contributed by atoms with Crippen molar-refractivity contribution in [1.29, 1.82) is 5.26 Å². The highest BCUT2D eigenvalue weighted by Gasteiger charge is 2.24. The third kappa shape index (κ3) is 2.32. The van der Waals surface area contributed by atoms with Gasteiger partial charge >= 0.3 is 0 Å². The maximum absolute atomic E-state index is 11.9. The molecule has 2 N–H and O–H groups in total. The molecule has 0 atom stereocenters. The summed E-state index contributed by atoms with van der Waals surface area (Å²) in [5, 5.41) is 9.21. The van der Waals surface area contributed by atoms with Gasteiger partial charge in [-0.2, -0.15) is 5.26 Å². The fourth-order valence-electron chi connectivity index (χ4n) is 2.41. The van der Waals surface area contributed by atoms with Gasteiger partial charge in [-0.1, -0.05) is 6.92 Å². The summed E-state index contributed by atoms with van der Waals surface area (Å²) in [7, 11) is 0. The molecule has 98 valence electrons. The van der Waals surface area contributed by atoms with Crippen LogP contribution in [0.3, 0.4) is 0 Å². The molecular weight excluding hydrogens is 238 g/mol. The molecule has 1 heterocycles. The van der Waals surface area contributed by atoms with Gasteiger partial charge in [-0.3, -0.25) is 4.79 Å². The summed E-state index contributed by atoms with van der Waals surface area (Å²) in [6.45, 7) is 5.23. The molecule has 1 aliphatic heterocycles. The van der Waals surface area contributed by atoms with Crippen LogP contribution in [0.25, 0.3) is 5.57 Å². The van der Waals surface area contributed by atoms with Crippen LogP contribution in [0.4, 0.5) is 5.69 Å². The van der Waals surface area contributed by atoms with E-state index in [-0.39, 0.29) is 5.91 Å². The smallest absolute Gasteiger partial charge is 0.247 e. The predicted molar refractivity (Wildman–Crippen MR) is 75.2 cm³/mol. The van der Waals surface area contributed by atoms with Gasteiger partial charge in [-0.25, -0.2) is 0 Å². The van der Waals surface area contributed by atoms with E-state index < -0.39 is 0 Å². The Kier molecular flexibility index (Phi) is 3.57. The van der Waals surface area contributed by atoms with E-state index in [4.69, 9.17) is 5.73 Å². The zero-order valence-electron chi connectivity index (χ0n) is 11.2. The highest BCUT2D eigenvalue weighted by atomic mass is 16.2. The first-order valence-electron chi connectivity index (χ1n) is 6.37. The molecule has 0 aliphatic carbocycles. The van der Waals surface area contributed by atoms with Gasteiger partial charge in [0.05, 0.1) is 11.6 Å². The number of carbonyl (C=O) groups excluding carboxylic acids is 1. The number of hydrogen-bond acceptors (Lipinski definition) is 3. The van der Waals surface area contributed by atoms with Crippen molar-refractivity contribution in [1.82, 2.24) is 4.90 Å². The number of nitrogens with two attached hydrogens (primary N) is 1. The Morgan fingerprint density at radius 3 is 2.84 bits per heavy atom. The summed E-state index contributed by atoms with van der Waals surface area (Å²) in [6.07, 6.45) is 2.55. The summed E-state index contributed by atoms with van der Waals surface area (Å²) in [4.78, 5) is 13.7. The minimum absolute atomic E-state index is 0.0163. The van der Waals surface area contributed by atoms with Gasteiger partial charge in [-0.05, 0) is 36.6 Å². The van der Waals surface area contributed by atoms with Crippen molar-refractivity contribution in [3.8, 4) is 6.07 Å². The van der Waals surface area contributed by atoms with Gasteiger partial charge < -0.3 is 10.6 Å². The molecule has 0 saturated heterocycles. The topological polar surface area (TPSA) is 70.1 Å². The molecule has 0 fully saturated rings. The van der Waals surface area contributed by atoms with E-state index >= 15 is 0 Å². The third-order valence-electron chi connectivity index (χ3n) is 3.41.